The van der Waals surface area contributed by atoms with Crippen molar-refractivity contribution in [2.24, 2.45) is 0 Å². The minimum Gasteiger partial charge on any atom is -0.478 e. The summed E-state index contributed by atoms with van der Waals surface area (Å²) in [7, 11) is 0. The standard InChI is InChI=1S/C17H16N2O2/c1-3-15-11(2)19-10-14(8-9-16(19)18-15)12-4-6-13(7-5-12)17(20)21/h4-10H,3H2,1-2H3,(H,20,21). The number of aromatic nitrogens is 2. The summed E-state index contributed by atoms with van der Waals surface area (Å²) in [5, 5.41) is 8.94. The average Bonchev–Trinajstić information content (AvgIpc) is 2.83. The maximum atomic E-state index is 10.9. The molecular weight excluding hydrogens is 264 g/mol. The third kappa shape index (κ3) is 2.29. The zero-order valence-corrected chi connectivity index (χ0v) is 12.0. The molecule has 0 saturated carbocycles. The maximum Gasteiger partial charge on any atom is 0.335 e. The van der Waals surface area contributed by atoms with Crippen molar-refractivity contribution >= 4 is 11.6 Å². The number of hydrogen-bond donors (Lipinski definition) is 1. The monoisotopic (exact) mass is 280 g/mol. The van der Waals surface area contributed by atoms with Gasteiger partial charge in [-0.3, -0.25) is 0 Å². The number of nitrogens with zero attached hydrogens (tertiary/aromatic N) is 2. The fraction of sp³-hybridized carbons (Fsp3) is 0.176. The maximum absolute atomic E-state index is 10.9. The van der Waals surface area contributed by atoms with E-state index in [0.717, 1.165) is 34.6 Å². The van der Waals surface area contributed by atoms with Crippen LogP contribution in [0, 0.1) is 6.92 Å². The quantitative estimate of drug-likeness (QED) is 0.798. The number of rotatable bonds is 3. The molecule has 0 bridgehead atoms. The van der Waals surface area contributed by atoms with Gasteiger partial charge in [0.1, 0.15) is 5.65 Å². The molecule has 0 aliphatic heterocycles. The van der Waals surface area contributed by atoms with Crippen LogP contribution < -0.4 is 0 Å². The van der Waals surface area contributed by atoms with Crippen molar-refractivity contribution in [3.63, 3.8) is 0 Å². The zero-order chi connectivity index (χ0) is 15.0. The van der Waals surface area contributed by atoms with Gasteiger partial charge >= 0.3 is 5.97 Å². The third-order valence-electron chi connectivity index (χ3n) is 3.76. The molecule has 0 amide bonds. The van der Waals surface area contributed by atoms with Crippen molar-refractivity contribution in [3.8, 4) is 11.1 Å². The first-order valence-electron chi connectivity index (χ1n) is 6.91. The van der Waals surface area contributed by atoms with Crippen LogP contribution in [0.3, 0.4) is 0 Å². The molecule has 3 rings (SSSR count). The molecule has 0 spiro atoms. The van der Waals surface area contributed by atoms with E-state index in [9.17, 15) is 4.79 Å². The van der Waals surface area contributed by atoms with Gasteiger partial charge in [-0.25, -0.2) is 9.78 Å². The number of hydrogen-bond acceptors (Lipinski definition) is 2. The van der Waals surface area contributed by atoms with Crippen molar-refractivity contribution in [3.05, 3.63) is 59.5 Å². The Morgan fingerprint density at radius 3 is 2.43 bits per heavy atom. The largest absolute Gasteiger partial charge is 0.478 e. The SMILES string of the molecule is CCc1nc2ccc(-c3ccc(C(=O)O)cc3)cn2c1C. The molecule has 4 heteroatoms. The summed E-state index contributed by atoms with van der Waals surface area (Å²) in [6.07, 6.45) is 2.96. The Balaban J connectivity index is 2.08. The van der Waals surface area contributed by atoms with Crippen LogP contribution >= 0.6 is 0 Å². The second-order valence-corrected chi connectivity index (χ2v) is 5.03. The lowest BCUT2D eigenvalue weighted by molar-refractivity contribution is 0.0697. The summed E-state index contributed by atoms with van der Waals surface area (Å²) < 4.78 is 2.08. The molecule has 0 unspecified atom stereocenters. The van der Waals surface area contributed by atoms with E-state index in [1.807, 2.05) is 30.5 Å². The van der Waals surface area contributed by atoms with Gasteiger partial charge in [0.15, 0.2) is 0 Å². The van der Waals surface area contributed by atoms with Crippen molar-refractivity contribution < 1.29 is 9.90 Å². The molecule has 0 fully saturated rings. The lowest BCUT2D eigenvalue weighted by Crippen LogP contribution is -1.95. The van der Waals surface area contributed by atoms with E-state index in [4.69, 9.17) is 5.11 Å². The van der Waals surface area contributed by atoms with Gasteiger partial charge < -0.3 is 9.51 Å². The number of aryl methyl sites for hydroxylation is 2. The molecule has 3 aromatic rings. The van der Waals surface area contributed by atoms with E-state index in [2.05, 4.69) is 23.2 Å². The van der Waals surface area contributed by atoms with Crippen LogP contribution in [0.5, 0.6) is 0 Å². The Labute approximate surface area is 122 Å². The van der Waals surface area contributed by atoms with E-state index in [0.29, 0.717) is 5.56 Å². The minimum absolute atomic E-state index is 0.298. The zero-order valence-electron chi connectivity index (χ0n) is 12.0. The Morgan fingerprint density at radius 2 is 1.81 bits per heavy atom. The van der Waals surface area contributed by atoms with Crippen molar-refractivity contribution in [1.29, 1.82) is 0 Å². The van der Waals surface area contributed by atoms with Crippen LogP contribution in [0.2, 0.25) is 0 Å². The molecule has 0 aliphatic rings. The minimum atomic E-state index is -0.907. The Hall–Kier alpha value is -2.62. The number of pyridine rings is 1. The molecule has 21 heavy (non-hydrogen) atoms. The van der Waals surface area contributed by atoms with Gasteiger partial charge in [-0.2, -0.15) is 0 Å². The van der Waals surface area contributed by atoms with Crippen molar-refractivity contribution in [1.82, 2.24) is 9.38 Å². The highest BCUT2D eigenvalue weighted by molar-refractivity contribution is 5.88. The summed E-state index contributed by atoms with van der Waals surface area (Å²) in [5.74, 6) is -0.907. The second-order valence-electron chi connectivity index (χ2n) is 5.03. The Bertz CT molecular complexity index is 817. The summed E-state index contributed by atoms with van der Waals surface area (Å²) in [6.45, 7) is 4.16. The molecule has 0 radical (unpaired) electrons. The molecule has 4 nitrogen and oxygen atoms in total. The van der Waals surface area contributed by atoms with Gasteiger partial charge in [-0.1, -0.05) is 19.1 Å². The summed E-state index contributed by atoms with van der Waals surface area (Å²) in [4.78, 5) is 15.5. The summed E-state index contributed by atoms with van der Waals surface area (Å²) >= 11 is 0. The van der Waals surface area contributed by atoms with Crippen LogP contribution in [0.25, 0.3) is 16.8 Å². The van der Waals surface area contributed by atoms with Gasteiger partial charge in [-0.15, -0.1) is 0 Å². The average molecular weight is 280 g/mol. The van der Waals surface area contributed by atoms with Crippen molar-refractivity contribution in [2.75, 3.05) is 0 Å². The molecule has 106 valence electrons. The second kappa shape index (κ2) is 5.05. The number of carboxylic acid groups (broad SMARTS) is 1. The van der Waals surface area contributed by atoms with Crippen LogP contribution in [0.15, 0.2) is 42.6 Å². The highest BCUT2D eigenvalue weighted by Crippen LogP contribution is 2.22. The number of carbonyl (C=O) groups is 1. The van der Waals surface area contributed by atoms with Gasteiger partial charge in [0.05, 0.1) is 11.3 Å². The first kappa shape index (κ1) is 13.4. The lowest BCUT2D eigenvalue weighted by Gasteiger charge is -2.04. The molecule has 0 atom stereocenters. The summed E-state index contributed by atoms with van der Waals surface area (Å²) in [5.41, 5.74) is 5.53. The molecule has 0 saturated heterocycles. The van der Waals surface area contributed by atoms with Crippen LogP contribution in [0.1, 0.15) is 28.7 Å². The molecule has 2 heterocycles. The fourth-order valence-corrected chi connectivity index (χ4v) is 2.52. The molecule has 1 aromatic carbocycles. The van der Waals surface area contributed by atoms with Crippen molar-refractivity contribution in [2.45, 2.75) is 20.3 Å². The first-order valence-corrected chi connectivity index (χ1v) is 6.91. The van der Waals surface area contributed by atoms with E-state index >= 15 is 0 Å². The molecule has 2 aromatic heterocycles. The number of fused-ring (bicyclic) bond motifs is 1. The fourth-order valence-electron chi connectivity index (χ4n) is 2.52. The molecule has 1 N–H and O–H groups in total. The molecule has 0 aliphatic carbocycles. The van der Waals surface area contributed by atoms with E-state index in [1.165, 1.54) is 0 Å². The first-order chi connectivity index (χ1) is 10.1. The van der Waals surface area contributed by atoms with Gasteiger partial charge in [0.2, 0.25) is 0 Å². The van der Waals surface area contributed by atoms with E-state index < -0.39 is 5.97 Å². The third-order valence-corrected chi connectivity index (χ3v) is 3.76. The number of imidazole rings is 1. The highest BCUT2D eigenvalue weighted by atomic mass is 16.4. The van der Waals surface area contributed by atoms with Gasteiger partial charge in [0, 0.05) is 11.9 Å². The lowest BCUT2D eigenvalue weighted by atomic mass is 10.1. The topological polar surface area (TPSA) is 54.6 Å². The number of carboxylic acids is 1. The Kier molecular flexibility index (Phi) is 3.22. The van der Waals surface area contributed by atoms with Gasteiger partial charge in [-0.05, 0) is 48.7 Å². The van der Waals surface area contributed by atoms with Gasteiger partial charge in [0.25, 0.3) is 0 Å². The highest BCUT2D eigenvalue weighted by Gasteiger charge is 2.08. The molecular formula is C17H16N2O2. The smallest absolute Gasteiger partial charge is 0.335 e. The van der Waals surface area contributed by atoms with Crippen LogP contribution in [0.4, 0.5) is 0 Å². The summed E-state index contributed by atoms with van der Waals surface area (Å²) in [6, 6.07) is 10.9. The van der Waals surface area contributed by atoms with Crippen LogP contribution in [-0.2, 0) is 6.42 Å². The predicted molar refractivity (Wildman–Crippen MR) is 81.7 cm³/mol. The normalized spacial score (nSPS) is 11.0. The number of aromatic carboxylic acids is 1. The van der Waals surface area contributed by atoms with Crippen LogP contribution in [-0.4, -0.2) is 20.5 Å². The van der Waals surface area contributed by atoms with E-state index in [1.54, 1.807) is 12.1 Å². The number of benzene rings is 1. The van der Waals surface area contributed by atoms with E-state index in [-0.39, 0.29) is 0 Å². The predicted octanol–water partition coefficient (Wildman–Crippen LogP) is 3.57. The Morgan fingerprint density at radius 1 is 1.14 bits per heavy atom.